The van der Waals surface area contributed by atoms with E-state index >= 15 is 0 Å². The van der Waals surface area contributed by atoms with Crippen LogP contribution in [0.2, 0.25) is 0 Å². The van der Waals surface area contributed by atoms with E-state index in [-0.39, 0.29) is 26.6 Å². The van der Waals surface area contributed by atoms with Crippen LogP contribution in [0.5, 0.6) is 0 Å². The summed E-state index contributed by atoms with van der Waals surface area (Å²) in [6.45, 7) is 0. The third-order valence-electron chi connectivity index (χ3n) is 4.45. The normalized spacial score (nSPS) is 57.7. The summed E-state index contributed by atoms with van der Waals surface area (Å²) >= 11 is 0. The second kappa shape index (κ2) is 3.05. The van der Waals surface area contributed by atoms with E-state index in [4.69, 9.17) is 11.5 Å². The first-order valence-electron chi connectivity index (χ1n) is 5.22. The van der Waals surface area contributed by atoms with Gasteiger partial charge in [-0.1, -0.05) is 0 Å². The minimum Gasteiger partial charge on any atom is -0.326 e. The zero-order valence-electron chi connectivity index (χ0n) is 7.82. The molecule has 0 saturated heterocycles. The molecular formula is C10H18N2Pt. The Hall–Kier alpha value is 0.608. The first-order chi connectivity index (χ1) is 5.67. The molecule has 13 heavy (non-hydrogen) atoms. The molecule has 0 heterocycles. The molecule has 4 aliphatic rings. The molecule has 3 heteroatoms. The minimum atomic E-state index is 0. The summed E-state index contributed by atoms with van der Waals surface area (Å²) < 4.78 is 0. The average molecular weight is 361 g/mol. The van der Waals surface area contributed by atoms with E-state index in [9.17, 15) is 0 Å². The summed E-state index contributed by atoms with van der Waals surface area (Å²) in [5.41, 5.74) is 12.6. The maximum atomic E-state index is 6.34. The van der Waals surface area contributed by atoms with Crippen molar-refractivity contribution < 1.29 is 21.1 Å². The van der Waals surface area contributed by atoms with Gasteiger partial charge in [0.1, 0.15) is 0 Å². The van der Waals surface area contributed by atoms with Crippen molar-refractivity contribution in [1.82, 2.24) is 0 Å². The van der Waals surface area contributed by atoms with Gasteiger partial charge in [-0.15, -0.1) is 0 Å². The second-order valence-electron chi connectivity index (χ2n) is 5.37. The average Bonchev–Trinajstić information content (AvgIpc) is 1.98. The molecule has 4 N–H and O–H groups in total. The Balaban J connectivity index is 0.000000653. The van der Waals surface area contributed by atoms with Crippen LogP contribution in [-0.2, 0) is 21.1 Å². The molecule has 78 valence electrons. The van der Waals surface area contributed by atoms with E-state index in [2.05, 4.69) is 0 Å². The molecule has 4 aliphatic carbocycles. The van der Waals surface area contributed by atoms with Crippen LogP contribution >= 0.6 is 0 Å². The molecule has 0 aromatic heterocycles. The molecule has 3 atom stereocenters. The zero-order chi connectivity index (χ0) is 8.34. The van der Waals surface area contributed by atoms with Gasteiger partial charge in [0.25, 0.3) is 0 Å². The third kappa shape index (κ3) is 1.33. The Labute approximate surface area is 94.1 Å². The van der Waals surface area contributed by atoms with Gasteiger partial charge in [-0.3, -0.25) is 0 Å². The quantitative estimate of drug-likeness (QED) is 0.672. The number of nitrogens with two attached hydrogens (primary N) is 2. The van der Waals surface area contributed by atoms with E-state index in [1.54, 1.807) is 0 Å². The van der Waals surface area contributed by atoms with E-state index in [1.807, 2.05) is 0 Å². The second-order valence-corrected chi connectivity index (χ2v) is 5.37. The monoisotopic (exact) mass is 361 g/mol. The number of hydrogen-bond donors (Lipinski definition) is 2. The van der Waals surface area contributed by atoms with E-state index in [1.165, 1.54) is 32.1 Å². The van der Waals surface area contributed by atoms with Crippen LogP contribution in [0, 0.1) is 17.8 Å². The van der Waals surface area contributed by atoms with Gasteiger partial charge < -0.3 is 11.5 Å². The molecule has 2 nitrogen and oxygen atoms in total. The van der Waals surface area contributed by atoms with Crippen LogP contribution in [0.4, 0.5) is 0 Å². The minimum absolute atomic E-state index is 0. The van der Waals surface area contributed by atoms with Crippen LogP contribution in [0.1, 0.15) is 32.1 Å². The fraction of sp³-hybridized carbons (Fsp3) is 1.00. The molecular weight excluding hydrogens is 343 g/mol. The van der Waals surface area contributed by atoms with Crippen molar-refractivity contribution in [1.29, 1.82) is 0 Å². The molecule has 0 radical (unpaired) electrons. The van der Waals surface area contributed by atoms with Crippen molar-refractivity contribution in [3.05, 3.63) is 0 Å². The molecule has 4 bridgehead atoms. The van der Waals surface area contributed by atoms with Gasteiger partial charge in [0.05, 0.1) is 0 Å². The van der Waals surface area contributed by atoms with Crippen LogP contribution in [0.25, 0.3) is 0 Å². The molecule has 4 fully saturated rings. The van der Waals surface area contributed by atoms with Crippen molar-refractivity contribution in [3.8, 4) is 0 Å². The molecule has 0 aliphatic heterocycles. The molecule has 0 aromatic carbocycles. The van der Waals surface area contributed by atoms with E-state index in [0.717, 1.165) is 17.8 Å². The number of hydrogen-bond acceptors (Lipinski definition) is 2. The van der Waals surface area contributed by atoms with Crippen molar-refractivity contribution >= 4 is 0 Å². The predicted molar refractivity (Wildman–Crippen MR) is 48.4 cm³/mol. The summed E-state index contributed by atoms with van der Waals surface area (Å²) in [5.74, 6) is 2.61. The molecule has 4 saturated carbocycles. The first-order valence-corrected chi connectivity index (χ1v) is 5.22. The maximum Gasteiger partial charge on any atom is 0.0315 e. The SMILES string of the molecule is NC1C2CC3CC(C2)CC1(N)C3.[Pt]. The van der Waals surface area contributed by atoms with E-state index in [0.29, 0.717) is 6.04 Å². The summed E-state index contributed by atoms with van der Waals surface area (Å²) in [4.78, 5) is 0. The van der Waals surface area contributed by atoms with Gasteiger partial charge in [0.2, 0.25) is 0 Å². The fourth-order valence-corrected chi connectivity index (χ4v) is 4.14. The van der Waals surface area contributed by atoms with Gasteiger partial charge in [-0.2, -0.15) is 0 Å². The van der Waals surface area contributed by atoms with Gasteiger partial charge >= 0.3 is 0 Å². The molecule has 4 rings (SSSR count). The smallest absolute Gasteiger partial charge is 0.0315 e. The van der Waals surface area contributed by atoms with Crippen LogP contribution in [0.3, 0.4) is 0 Å². The summed E-state index contributed by atoms with van der Waals surface area (Å²) in [7, 11) is 0. The van der Waals surface area contributed by atoms with Gasteiger partial charge in [-0.05, 0) is 49.9 Å². The Bertz CT molecular complexity index is 205. The Kier molecular flexibility index (Phi) is 2.38. The standard InChI is InChI=1S/C10H18N2.Pt/c11-9-8-2-6-1-7(3-8)5-10(9,12)4-6;/h6-9H,1-5,11-12H2;. The zero-order valence-corrected chi connectivity index (χ0v) is 10.1. The predicted octanol–water partition coefficient (Wildman–Crippen LogP) is 0.849. The van der Waals surface area contributed by atoms with Crippen molar-refractivity contribution in [2.45, 2.75) is 43.7 Å². The maximum absolute atomic E-state index is 6.34. The summed E-state index contributed by atoms with van der Waals surface area (Å²) in [5, 5.41) is 0. The van der Waals surface area contributed by atoms with Crippen LogP contribution in [-0.4, -0.2) is 11.6 Å². The number of rotatable bonds is 0. The van der Waals surface area contributed by atoms with Crippen molar-refractivity contribution in [2.24, 2.45) is 29.2 Å². The topological polar surface area (TPSA) is 52.0 Å². The molecule has 0 aromatic rings. The molecule has 0 amide bonds. The van der Waals surface area contributed by atoms with Gasteiger partial charge in [0, 0.05) is 32.6 Å². The molecule has 3 unspecified atom stereocenters. The third-order valence-corrected chi connectivity index (χ3v) is 4.45. The van der Waals surface area contributed by atoms with Crippen molar-refractivity contribution in [3.63, 3.8) is 0 Å². The fourth-order valence-electron chi connectivity index (χ4n) is 4.14. The molecule has 0 spiro atoms. The largest absolute Gasteiger partial charge is 0.326 e. The Morgan fingerprint density at radius 1 is 1.00 bits per heavy atom. The van der Waals surface area contributed by atoms with Crippen LogP contribution in [0.15, 0.2) is 0 Å². The Morgan fingerprint density at radius 3 is 2.00 bits per heavy atom. The van der Waals surface area contributed by atoms with Crippen LogP contribution < -0.4 is 11.5 Å². The van der Waals surface area contributed by atoms with Gasteiger partial charge in [-0.25, -0.2) is 0 Å². The Morgan fingerprint density at radius 2 is 1.54 bits per heavy atom. The van der Waals surface area contributed by atoms with Crippen molar-refractivity contribution in [2.75, 3.05) is 0 Å². The van der Waals surface area contributed by atoms with E-state index < -0.39 is 0 Å². The summed E-state index contributed by atoms with van der Waals surface area (Å²) in [6, 6.07) is 0.310. The van der Waals surface area contributed by atoms with Gasteiger partial charge in [0.15, 0.2) is 0 Å². The first kappa shape index (κ1) is 10.1. The summed E-state index contributed by atoms with van der Waals surface area (Å²) in [6.07, 6.45) is 6.61.